The number of halogens is 1. The number of anilines is 1. The number of thiazole rings is 1. The van der Waals surface area contributed by atoms with Crippen molar-refractivity contribution in [2.24, 2.45) is 0 Å². The van der Waals surface area contributed by atoms with E-state index >= 15 is 0 Å². The Morgan fingerprint density at radius 2 is 2.44 bits per heavy atom. The quantitative estimate of drug-likeness (QED) is 0.909. The summed E-state index contributed by atoms with van der Waals surface area (Å²) >= 11 is 1.18. The molecule has 0 aliphatic carbocycles. The Hall–Kier alpha value is -1.90. The van der Waals surface area contributed by atoms with Crippen molar-refractivity contribution < 1.29 is 13.9 Å². The second kappa shape index (κ2) is 6.12. The maximum Gasteiger partial charge on any atom is 0.230 e. The molecular weight excluding hydrogens is 343 g/mol. The fourth-order valence-electron chi connectivity index (χ4n) is 3.77. The number of nitrogens with one attached hydrogen (secondary N) is 1. The fraction of sp³-hybridized carbons (Fsp3) is 0.471. The molecule has 1 spiro atoms. The molecule has 2 aliphatic heterocycles. The van der Waals surface area contributed by atoms with E-state index in [4.69, 9.17) is 4.74 Å². The normalized spacial score (nSPS) is 25.5. The SMILES string of the molecule is CC(=O)Nc1nc(F)c(CN2C[C@]3(C[C@@H]2C)OCc2cnccc23)s1. The van der Waals surface area contributed by atoms with Gasteiger partial charge in [-0.1, -0.05) is 11.3 Å². The summed E-state index contributed by atoms with van der Waals surface area (Å²) in [6.45, 7) is 5.25. The number of hydrogen-bond donors (Lipinski definition) is 1. The van der Waals surface area contributed by atoms with Gasteiger partial charge in [0, 0.05) is 44.0 Å². The molecular formula is C17H19FN4O2S. The lowest BCUT2D eigenvalue weighted by atomic mass is 9.91. The van der Waals surface area contributed by atoms with Crippen LogP contribution in [-0.4, -0.2) is 33.4 Å². The number of carbonyl (C=O) groups is 1. The van der Waals surface area contributed by atoms with Crippen LogP contribution in [0.4, 0.5) is 9.52 Å². The number of amides is 1. The molecule has 0 radical (unpaired) electrons. The molecule has 0 aromatic carbocycles. The van der Waals surface area contributed by atoms with E-state index in [9.17, 15) is 9.18 Å². The molecule has 0 bridgehead atoms. The van der Waals surface area contributed by atoms with Crippen molar-refractivity contribution in [1.29, 1.82) is 0 Å². The second-order valence-corrected chi connectivity index (χ2v) is 7.77. The predicted molar refractivity (Wildman–Crippen MR) is 91.6 cm³/mol. The molecule has 2 aromatic heterocycles. The number of carbonyl (C=O) groups excluding carboxylic acids is 1. The zero-order valence-electron chi connectivity index (χ0n) is 14.1. The first-order valence-corrected chi connectivity index (χ1v) is 9.03. The first kappa shape index (κ1) is 16.6. The molecule has 1 N–H and O–H groups in total. The van der Waals surface area contributed by atoms with Crippen molar-refractivity contribution in [1.82, 2.24) is 14.9 Å². The molecule has 2 atom stereocenters. The van der Waals surface area contributed by atoms with Gasteiger partial charge in [-0.15, -0.1) is 0 Å². The minimum atomic E-state index is -0.515. The van der Waals surface area contributed by atoms with Crippen LogP contribution in [0.5, 0.6) is 0 Å². The fourth-order valence-corrected chi connectivity index (χ4v) is 4.68. The van der Waals surface area contributed by atoms with E-state index < -0.39 is 5.95 Å². The highest BCUT2D eigenvalue weighted by atomic mass is 32.1. The van der Waals surface area contributed by atoms with Gasteiger partial charge in [0.1, 0.15) is 5.60 Å². The molecule has 4 heterocycles. The molecule has 1 fully saturated rings. The number of aromatic nitrogens is 2. The number of pyridine rings is 1. The highest BCUT2D eigenvalue weighted by Gasteiger charge is 2.48. The standard InChI is InChI=1S/C17H19FN4O2S/c1-10-5-17(13-3-4-19-6-12(13)8-24-17)9-22(10)7-14-15(18)21-16(25-14)20-11(2)23/h3-4,6,10H,5,7-9H2,1-2H3,(H,20,21,23)/t10-,17-/m0/s1. The topological polar surface area (TPSA) is 67.4 Å². The molecule has 2 aliphatic rings. The molecule has 2 aromatic rings. The lowest BCUT2D eigenvalue weighted by molar-refractivity contribution is -0.114. The van der Waals surface area contributed by atoms with Crippen LogP contribution in [0.25, 0.3) is 0 Å². The smallest absolute Gasteiger partial charge is 0.230 e. The third-order valence-corrected chi connectivity index (χ3v) is 5.82. The lowest BCUT2D eigenvalue weighted by Gasteiger charge is -2.24. The largest absolute Gasteiger partial charge is 0.364 e. The van der Waals surface area contributed by atoms with Crippen molar-refractivity contribution in [2.75, 3.05) is 11.9 Å². The Kier molecular flexibility index (Phi) is 4.05. The summed E-state index contributed by atoms with van der Waals surface area (Å²) in [5, 5.41) is 2.84. The average molecular weight is 362 g/mol. The number of fused-ring (bicyclic) bond motifs is 2. The number of nitrogens with zero attached hydrogens (tertiary/aromatic N) is 3. The summed E-state index contributed by atoms with van der Waals surface area (Å²) in [4.78, 5) is 21.8. The van der Waals surface area contributed by atoms with Gasteiger partial charge in [-0.25, -0.2) is 0 Å². The number of hydrogen-bond acceptors (Lipinski definition) is 6. The molecule has 25 heavy (non-hydrogen) atoms. The van der Waals surface area contributed by atoms with Gasteiger partial charge in [0.2, 0.25) is 11.9 Å². The van der Waals surface area contributed by atoms with Gasteiger partial charge in [-0.3, -0.25) is 14.7 Å². The number of rotatable bonds is 3. The maximum absolute atomic E-state index is 14.1. The van der Waals surface area contributed by atoms with Gasteiger partial charge in [0.15, 0.2) is 5.13 Å². The average Bonchev–Trinajstić information content (AvgIpc) is 3.18. The minimum Gasteiger partial charge on any atom is -0.364 e. The van der Waals surface area contributed by atoms with Gasteiger partial charge in [-0.05, 0) is 25.0 Å². The highest BCUT2D eigenvalue weighted by molar-refractivity contribution is 7.15. The first-order valence-electron chi connectivity index (χ1n) is 8.21. The predicted octanol–water partition coefficient (Wildman–Crippen LogP) is 2.66. The van der Waals surface area contributed by atoms with E-state index in [-0.39, 0.29) is 17.6 Å². The van der Waals surface area contributed by atoms with Crippen LogP contribution < -0.4 is 5.32 Å². The van der Waals surface area contributed by atoms with E-state index in [0.717, 1.165) is 12.0 Å². The molecule has 132 valence electrons. The summed E-state index contributed by atoms with van der Waals surface area (Å²) in [6, 6.07) is 2.28. The first-order chi connectivity index (χ1) is 12.0. The van der Waals surface area contributed by atoms with Gasteiger partial charge >= 0.3 is 0 Å². The third-order valence-electron chi connectivity index (χ3n) is 4.88. The van der Waals surface area contributed by atoms with Crippen LogP contribution in [-0.2, 0) is 28.3 Å². The van der Waals surface area contributed by atoms with Crippen LogP contribution in [0.2, 0.25) is 0 Å². The zero-order valence-corrected chi connectivity index (χ0v) is 14.9. The summed E-state index contributed by atoms with van der Waals surface area (Å²) in [5.41, 5.74) is 1.99. The van der Waals surface area contributed by atoms with E-state index in [1.54, 1.807) is 6.20 Å². The Morgan fingerprint density at radius 3 is 3.24 bits per heavy atom. The van der Waals surface area contributed by atoms with Crippen molar-refractivity contribution in [3.8, 4) is 0 Å². The van der Waals surface area contributed by atoms with Gasteiger partial charge in [0.25, 0.3) is 0 Å². The highest BCUT2D eigenvalue weighted by Crippen LogP contribution is 2.45. The zero-order chi connectivity index (χ0) is 17.6. The van der Waals surface area contributed by atoms with Gasteiger partial charge < -0.3 is 10.1 Å². The molecule has 0 saturated carbocycles. The van der Waals surface area contributed by atoms with E-state index in [1.165, 1.54) is 23.8 Å². The van der Waals surface area contributed by atoms with Crippen LogP contribution >= 0.6 is 11.3 Å². The monoisotopic (exact) mass is 362 g/mol. The third kappa shape index (κ3) is 2.94. The Balaban J connectivity index is 1.54. The lowest BCUT2D eigenvalue weighted by Crippen LogP contribution is -2.31. The minimum absolute atomic E-state index is 0.252. The molecule has 0 unspecified atom stereocenters. The van der Waals surface area contributed by atoms with Crippen molar-refractivity contribution in [3.05, 3.63) is 40.4 Å². The van der Waals surface area contributed by atoms with E-state index in [2.05, 4.69) is 27.1 Å². The Bertz CT molecular complexity index is 827. The van der Waals surface area contributed by atoms with Crippen LogP contribution in [0.3, 0.4) is 0 Å². The summed E-state index contributed by atoms with van der Waals surface area (Å²) in [6.07, 6.45) is 4.52. The van der Waals surface area contributed by atoms with E-state index in [0.29, 0.717) is 29.7 Å². The van der Waals surface area contributed by atoms with Crippen LogP contribution in [0.1, 0.15) is 36.3 Å². The summed E-state index contributed by atoms with van der Waals surface area (Å²) in [5.74, 6) is -0.766. The summed E-state index contributed by atoms with van der Waals surface area (Å²) < 4.78 is 20.3. The summed E-state index contributed by atoms with van der Waals surface area (Å²) in [7, 11) is 0. The molecule has 1 saturated heterocycles. The van der Waals surface area contributed by atoms with Crippen molar-refractivity contribution in [2.45, 2.75) is 45.1 Å². The van der Waals surface area contributed by atoms with Gasteiger partial charge in [-0.2, -0.15) is 9.37 Å². The molecule has 1 amide bonds. The maximum atomic E-state index is 14.1. The van der Waals surface area contributed by atoms with Gasteiger partial charge in [0.05, 0.1) is 11.5 Å². The van der Waals surface area contributed by atoms with Crippen LogP contribution in [0.15, 0.2) is 18.5 Å². The van der Waals surface area contributed by atoms with Crippen LogP contribution in [0, 0.1) is 5.95 Å². The Morgan fingerprint density at radius 1 is 1.60 bits per heavy atom. The second-order valence-electron chi connectivity index (χ2n) is 6.69. The Labute approximate surface area is 149 Å². The van der Waals surface area contributed by atoms with Crippen molar-refractivity contribution in [3.63, 3.8) is 0 Å². The van der Waals surface area contributed by atoms with Crippen molar-refractivity contribution >= 4 is 22.4 Å². The number of ether oxygens (including phenoxy) is 1. The molecule has 4 rings (SSSR count). The number of likely N-dealkylation sites (tertiary alicyclic amines) is 1. The van der Waals surface area contributed by atoms with E-state index in [1.807, 2.05) is 12.3 Å². The molecule has 6 nitrogen and oxygen atoms in total. The molecule has 8 heteroatoms.